The quantitative estimate of drug-likeness (QED) is 0.724. The van der Waals surface area contributed by atoms with E-state index in [0.717, 1.165) is 12.8 Å². The molecule has 2 aliphatic carbocycles. The van der Waals surface area contributed by atoms with Gasteiger partial charge in [0.15, 0.2) is 0 Å². The van der Waals surface area contributed by atoms with Gasteiger partial charge in [-0.3, -0.25) is 9.59 Å². The van der Waals surface area contributed by atoms with Crippen LogP contribution in [-0.2, 0) is 14.3 Å². The Morgan fingerprint density at radius 1 is 1.16 bits per heavy atom. The van der Waals surface area contributed by atoms with Gasteiger partial charge in [-0.15, -0.1) is 0 Å². The highest BCUT2D eigenvalue weighted by Gasteiger charge is 2.72. The first-order valence-electron chi connectivity index (χ1n) is 7.26. The molecule has 0 aromatic carbocycles. The highest BCUT2D eigenvalue weighted by atomic mass is 16.5. The molecule has 4 heteroatoms. The molecule has 0 aromatic heterocycles. The van der Waals surface area contributed by atoms with Gasteiger partial charge in [-0.1, -0.05) is 20.8 Å². The van der Waals surface area contributed by atoms with Crippen molar-refractivity contribution < 1.29 is 14.3 Å². The summed E-state index contributed by atoms with van der Waals surface area (Å²) in [6.45, 7) is 8.85. The van der Waals surface area contributed by atoms with Crippen LogP contribution in [0.25, 0.3) is 0 Å². The lowest BCUT2D eigenvalue weighted by molar-refractivity contribution is -0.151. The molecule has 19 heavy (non-hydrogen) atoms. The van der Waals surface area contributed by atoms with Crippen molar-refractivity contribution in [1.82, 2.24) is 4.90 Å². The third-order valence-electron chi connectivity index (χ3n) is 6.41. The zero-order valence-electron chi connectivity index (χ0n) is 12.1. The van der Waals surface area contributed by atoms with Gasteiger partial charge < -0.3 is 9.64 Å². The Balaban J connectivity index is 1.95. The van der Waals surface area contributed by atoms with Crippen molar-refractivity contribution in [3.63, 3.8) is 0 Å². The van der Waals surface area contributed by atoms with Gasteiger partial charge in [-0.25, -0.2) is 0 Å². The maximum Gasteiger partial charge on any atom is 0.229 e. The molecule has 1 aliphatic heterocycles. The third-order valence-corrected chi connectivity index (χ3v) is 6.41. The van der Waals surface area contributed by atoms with Crippen LogP contribution >= 0.6 is 0 Å². The van der Waals surface area contributed by atoms with Crippen molar-refractivity contribution in [3.05, 3.63) is 0 Å². The Bertz CT molecular complexity index is 439. The summed E-state index contributed by atoms with van der Waals surface area (Å²) in [7, 11) is 0. The molecule has 1 heterocycles. The summed E-state index contributed by atoms with van der Waals surface area (Å²) in [5.74, 6) is 0.473. The second-order valence-electron chi connectivity index (χ2n) is 7.04. The number of hydrogen-bond acceptors (Lipinski definition) is 3. The largest absolute Gasteiger partial charge is 0.378 e. The Kier molecular flexibility index (Phi) is 2.63. The molecule has 0 unspecified atom stereocenters. The zero-order chi connectivity index (χ0) is 13.9. The average molecular weight is 265 g/mol. The summed E-state index contributed by atoms with van der Waals surface area (Å²) in [6, 6.07) is 0. The van der Waals surface area contributed by atoms with E-state index in [1.54, 1.807) is 0 Å². The van der Waals surface area contributed by atoms with Crippen molar-refractivity contribution in [2.24, 2.45) is 16.2 Å². The van der Waals surface area contributed by atoms with Gasteiger partial charge in [0.25, 0.3) is 0 Å². The van der Waals surface area contributed by atoms with Crippen LogP contribution < -0.4 is 0 Å². The SMILES string of the molecule is CC1(C)[C@]2(C(=O)N3CCOCC3)CC[C@@]1(C)C(=O)C2. The van der Waals surface area contributed by atoms with E-state index in [2.05, 4.69) is 20.8 Å². The molecular weight excluding hydrogens is 242 g/mol. The van der Waals surface area contributed by atoms with Gasteiger partial charge in [-0.05, 0) is 18.3 Å². The van der Waals surface area contributed by atoms with Crippen molar-refractivity contribution in [1.29, 1.82) is 0 Å². The van der Waals surface area contributed by atoms with E-state index in [1.165, 1.54) is 0 Å². The molecule has 1 saturated heterocycles. The summed E-state index contributed by atoms with van der Waals surface area (Å²) in [5, 5.41) is 0. The molecule has 3 aliphatic rings. The Labute approximate surface area is 114 Å². The highest BCUT2D eigenvalue weighted by Crippen LogP contribution is 2.70. The van der Waals surface area contributed by atoms with Crippen molar-refractivity contribution in [2.45, 2.75) is 40.0 Å². The van der Waals surface area contributed by atoms with E-state index in [1.807, 2.05) is 4.90 Å². The van der Waals surface area contributed by atoms with Crippen LogP contribution in [0, 0.1) is 16.2 Å². The number of carbonyl (C=O) groups excluding carboxylic acids is 2. The van der Waals surface area contributed by atoms with E-state index in [0.29, 0.717) is 32.7 Å². The molecule has 0 aromatic rings. The minimum atomic E-state index is -0.462. The Hall–Kier alpha value is -0.900. The number of fused-ring (bicyclic) bond motifs is 2. The summed E-state index contributed by atoms with van der Waals surface area (Å²) in [6.07, 6.45) is 2.15. The van der Waals surface area contributed by atoms with Gasteiger partial charge in [0.05, 0.1) is 18.6 Å². The predicted molar refractivity (Wildman–Crippen MR) is 70.6 cm³/mol. The molecule has 3 fully saturated rings. The summed E-state index contributed by atoms with van der Waals surface area (Å²) >= 11 is 0. The number of Topliss-reactive ketones (excluding diaryl/α,β-unsaturated/α-hetero) is 1. The summed E-state index contributed by atoms with van der Waals surface area (Å²) in [4.78, 5) is 27.3. The lowest BCUT2D eigenvalue weighted by atomic mass is 9.64. The van der Waals surface area contributed by atoms with E-state index >= 15 is 0 Å². The van der Waals surface area contributed by atoms with Crippen LogP contribution in [-0.4, -0.2) is 42.9 Å². The van der Waals surface area contributed by atoms with E-state index in [4.69, 9.17) is 4.74 Å². The Morgan fingerprint density at radius 3 is 2.26 bits per heavy atom. The first-order valence-corrected chi connectivity index (χ1v) is 7.26. The third kappa shape index (κ3) is 1.38. The normalized spacial score (nSPS) is 40.8. The second-order valence-corrected chi connectivity index (χ2v) is 7.04. The van der Waals surface area contributed by atoms with Crippen molar-refractivity contribution >= 4 is 11.7 Å². The molecule has 0 radical (unpaired) electrons. The molecule has 0 spiro atoms. The van der Waals surface area contributed by atoms with E-state index < -0.39 is 5.41 Å². The zero-order valence-corrected chi connectivity index (χ0v) is 12.1. The topological polar surface area (TPSA) is 46.6 Å². The Morgan fingerprint density at radius 2 is 1.79 bits per heavy atom. The van der Waals surface area contributed by atoms with Crippen LogP contribution in [0.3, 0.4) is 0 Å². The predicted octanol–water partition coefficient (Wildman–Crippen LogP) is 1.63. The molecule has 1 amide bonds. The number of hydrogen-bond donors (Lipinski definition) is 0. The summed E-state index contributed by atoms with van der Waals surface area (Å²) < 4.78 is 5.32. The standard InChI is InChI=1S/C15H23NO3/c1-13(2)14(3)4-5-15(13,10-11(14)17)12(18)16-6-8-19-9-7-16/h4-10H2,1-3H3/t14-,15+/m0/s1. The van der Waals surface area contributed by atoms with Crippen LogP contribution in [0.4, 0.5) is 0 Å². The van der Waals surface area contributed by atoms with Crippen LogP contribution in [0.2, 0.25) is 0 Å². The van der Waals surface area contributed by atoms with E-state index in [9.17, 15) is 9.59 Å². The first-order chi connectivity index (χ1) is 8.85. The molecule has 106 valence electrons. The lowest BCUT2D eigenvalue weighted by Gasteiger charge is -2.42. The van der Waals surface area contributed by atoms with E-state index in [-0.39, 0.29) is 22.5 Å². The average Bonchev–Trinajstić information content (AvgIpc) is 2.69. The van der Waals surface area contributed by atoms with Crippen molar-refractivity contribution in [2.75, 3.05) is 26.3 Å². The number of amides is 1. The molecule has 4 nitrogen and oxygen atoms in total. The van der Waals surface area contributed by atoms with Crippen LogP contribution in [0.1, 0.15) is 40.0 Å². The van der Waals surface area contributed by atoms with Gasteiger partial charge >= 0.3 is 0 Å². The number of nitrogens with zero attached hydrogens (tertiary/aromatic N) is 1. The summed E-state index contributed by atoms with van der Waals surface area (Å²) in [5.41, 5.74) is -1.00. The van der Waals surface area contributed by atoms with Gasteiger partial charge in [-0.2, -0.15) is 0 Å². The van der Waals surface area contributed by atoms with Gasteiger partial charge in [0.2, 0.25) is 5.91 Å². The maximum absolute atomic E-state index is 13.0. The number of carbonyl (C=O) groups is 2. The highest BCUT2D eigenvalue weighted by molar-refractivity contribution is 5.99. The number of ether oxygens (including phenoxy) is 1. The van der Waals surface area contributed by atoms with Crippen molar-refractivity contribution in [3.8, 4) is 0 Å². The van der Waals surface area contributed by atoms with Gasteiger partial charge in [0, 0.05) is 24.9 Å². The van der Waals surface area contributed by atoms with Crippen LogP contribution in [0.5, 0.6) is 0 Å². The fourth-order valence-electron chi connectivity index (χ4n) is 4.40. The van der Waals surface area contributed by atoms with Gasteiger partial charge in [0.1, 0.15) is 5.78 Å². The number of morpholine rings is 1. The number of ketones is 1. The molecule has 0 N–H and O–H groups in total. The monoisotopic (exact) mass is 265 g/mol. The smallest absolute Gasteiger partial charge is 0.229 e. The molecule has 2 atom stereocenters. The minimum Gasteiger partial charge on any atom is -0.378 e. The minimum absolute atomic E-state index is 0.190. The van der Waals surface area contributed by atoms with Crippen LogP contribution in [0.15, 0.2) is 0 Å². The maximum atomic E-state index is 13.0. The fraction of sp³-hybridized carbons (Fsp3) is 0.867. The molecule has 2 bridgehead atoms. The fourth-order valence-corrected chi connectivity index (χ4v) is 4.40. The molecule has 3 rings (SSSR count). The molecule has 2 saturated carbocycles. The first kappa shape index (κ1) is 13.1. The second kappa shape index (κ2) is 3.81. The number of rotatable bonds is 1. The molecular formula is C15H23NO3. The lowest BCUT2D eigenvalue weighted by Crippen LogP contribution is -2.51.